The molecule has 0 radical (unpaired) electrons. The van der Waals surface area contributed by atoms with E-state index < -0.39 is 5.97 Å². The van der Waals surface area contributed by atoms with Crippen molar-refractivity contribution in [1.29, 1.82) is 0 Å². The molecule has 4 nitrogen and oxygen atoms in total. The topological polar surface area (TPSA) is 66.4 Å². The van der Waals surface area contributed by atoms with Crippen LogP contribution in [-0.2, 0) is 11.2 Å². The van der Waals surface area contributed by atoms with Gasteiger partial charge in [0.25, 0.3) is 0 Å². The van der Waals surface area contributed by atoms with Crippen LogP contribution < -0.4 is 5.32 Å². The number of nitrogens with one attached hydrogen (secondary N) is 1. The number of hydrogen-bond donors (Lipinski definition) is 2. The molecule has 0 aliphatic rings. The summed E-state index contributed by atoms with van der Waals surface area (Å²) in [7, 11) is 0. The van der Waals surface area contributed by atoms with Crippen molar-refractivity contribution in [3.63, 3.8) is 0 Å². The van der Waals surface area contributed by atoms with E-state index in [2.05, 4.69) is 5.32 Å². The molecule has 0 aliphatic heterocycles. The first-order chi connectivity index (χ1) is 10.5. The minimum atomic E-state index is -0.945. The fraction of sp³-hybridized carbons (Fsp3) is 0.222. The number of rotatable bonds is 5. The predicted octanol–water partition coefficient (Wildman–Crippen LogP) is 3.57. The number of para-hydroxylation sites is 1. The number of carbonyl (C=O) groups is 2. The number of benzene rings is 2. The molecule has 0 spiro atoms. The van der Waals surface area contributed by atoms with Crippen LogP contribution in [0.15, 0.2) is 42.5 Å². The van der Waals surface area contributed by atoms with Crippen LogP contribution >= 0.6 is 0 Å². The van der Waals surface area contributed by atoms with Gasteiger partial charge in [-0.15, -0.1) is 0 Å². The summed E-state index contributed by atoms with van der Waals surface area (Å²) in [6.45, 7) is 3.93. The Labute approximate surface area is 129 Å². The zero-order valence-electron chi connectivity index (χ0n) is 12.7. The number of carbonyl (C=O) groups excluding carboxylic acids is 1. The molecule has 0 fully saturated rings. The Morgan fingerprint density at radius 3 is 2.14 bits per heavy atom. The molecule has 4 heteroatoms. The maximum atomic E-state index is 12.1. The summed E-state index contributed by atoms with van der Waals surface area (Å²) in [5.41, 5.74) is 4.15. The lowest BCUT2D eigenvalue weighted by Crippen LogP contribution is -2.14. The molecule has 22 heavy (non-hydrogen) atoms. The van der Waals surface area contributed by atoms with Crippen molar-refractivity contribution in [3.8, 4) is 0 Å². The maximum Gasteiger partial charge on any atom is 0.335 e. The second kappa shape index (κ2) is 6.89. The summed E-state index contributed by atoms with van der Waals surface area (Å²) in [4.78, 5) is 22.8. The fourth-order valence-electron chi connectivity index (χ4n) is 2.29. The third-order valence-corrected chi connectivity index (χ3v) is 3.59. The third kappa shape index (κ3) is 3.95. The Morgan fingerprint density at radius 2 is 1.59 bits per heavy atom. The minimum Gasteiger partial charge on any atom is -0.478 e. The van der Waals surface area contributed by atoms with Crippen LogP contribution in [0.25, 0.3) is 0 Å². The minimum absolute atomic E-state index is 0.0419. The largest absolute Gasteiger partial charge is 0.478 e. The van der Waals surface area contributed by atoms with Gasteiger partial charge in [-0.05, 0) is 49.1 Å². The average molecular weight is 297 g/mol. The van der Waals surface area contributed by atoms with Crippen LogP contribution in [0.5, 0.6) is 0 Å². The smallest absolute Gasteiger partial charge is 0.335 e. The molecule has 0 atom stereocenters. The number of carboxylic acids is 1. The van der Waals surface area contributed by atoms with Crippen LogP contribution in [0.3, 0.4) is 0 Å². The first-order valence-corrected chi connectivity index (χ1v) is 7.15. The number of amides is 1. The summed E-state index contributed by atoms with van der Waals surface area (Å²) in [6, 6.07) is 12.5. The van der Waals surface area contributed by atoms with Crippen molar-refractivity contribution in [2.75, 3.05) is 5.32 Å². The molecule has 0 aliphatic carbocycles. The molecule has 0 unspecified atom stereocenters. The molecule has 2 N–H and O–H groups in total. The Hall–Kier alpha value is -2.62. The van der Waals surface area contributed by atoms with Gasteiger partial charge in [0.1, 0.15) is 0 Å². The maximum absolute atomic E-state index is 12.1. The summed E-state index contributed by atoms with van der Waals surface area (Å²) >= 11 is 0. The molecule has 0 bridgehead atoms. The van der Waals surface area contributed by atoms with Crippen molar-refractivity contribution >= 4 is 17.6 Å². The van der Waals surface area contributed by atoms with E-state index >= 15 is 0 Å². The van der Waals surface area contributed by atoms with E-state index in [1.807, 2.05) is 32.0 Å². The molecule has 1 amide bonds. The molecular formula is C18H19NO3. The second-order valence-electron chi connectivity index (χ2n) is 5.32. The molecular weight excluding hydrogens is 278 g/mol. The Kier molecular flexibility index (Phi) is 4.94. The number of carboxylic acid groups (broad SMARTS) is 1. The third-order valence-electron chi connectivity index (χ3n) is 3.59. The van der Waals surface area contributed by atoms with Gasteiger partial charge in [0.15, 0.2) is 0 Å². The van der Waals surface area contributed by atoms with Gasteiger partial charge in [-0.3, -0.25) is 4.79 Å². The highest BCUT2D eigenvalue weighted by Crippen LogP contribution is 2.19. The van der Waals surface area contributed by atoms with Crippen LogP contribution in [0, 0.1) is 13.8 Å². The van der Waals surface area contributed by atoms with Crippen LogP contribution in [0.2, 0.25) is 0 Å². The summed E-state index contributed by atoms with van der Waals surface area (Å²) in [5.74, 6) is -0.987. The van der Waals surface area contributed by atoms with Gasteiger partial charge in [0.2, 0.25) is 5.91 Å². The zero-order chi connectivity index (χ0) is 16.1. The van der Waals surface area contributed by atoms with Crippen molar-refractivity contribution in [2.24, 2.45) is 0 Å². The Morgan fingerprint density at radius 1 is 1.00 bits per heavy atom. The molecule has 0 saturated heterocycles. The van der Waals surface area contributed by atoms with Gasteiger partial charge in [0, 0.05) is 12.1 Å². The van der Waals surface area contributed by atoms with E-state index in [0.717, 1.165) is 22.4 Å². The van der Waals surface area contributed by atoms with Gasteiger partial charge >= 0.3 is 5.97 Å². The van der Waals surface area contributed by atoms with Crippen LogP contribution in [-0.4, -0.2) is 17.0 Å². The first kappa shape index (κ1) is 15.8. The highest BCUT2D eigenvalue weighted by atomic mass is 16.4. The van der Waals surface area contributed by atoms with Gasteiger partial charge in [-0.1, -0.05) is 30.3 Å². The standard InChI is InChI=1S/C18H19NO3/c1-12-4-3-5-13(2)17(12)19-16(20)11-8-14-6-9-15(10-7-14)18(21)22/h3-7,9-10H,8,11H2,1-2H3,(H,19,20)(H,21,22). The molecule has 2 aromatic rings. The number of hydrogen-bond acceptors (Lipinski definition) is 2. The van der Waals surface area contributed by atoms with Crippen molar-refractivity contribution in [3.05, 3.63) is 64.7 Å². The zero-order valence-corrected chi connectivity index (χ0v) is 12.7. The SMILES string of the molecule is Cc1cccc(C)c1NC(=O)CCc1ccc(C(=O)O)cc1. The monoisotopic (exact) mass is 297 g/mol. The van der Waals surface area contributed by atoms with Gasteiger partial charge in [-0.2, -0.15) is 0 Å². The number of anilines is 1. The number of aromatic carboxylic acids is 1. The quantitative estimate of drug-likeness (QED) is 0.886. The Bertz CT molecular complexity index is 670. The lowest BCUT2D eigenvalue weighted by atomic mass is 10.1. The van der Waals surface area contributed by atoms with Crippen molar-refractivity contribution in [1.82, 2.24) is 0 Å². The van der Waals surface area contributed by atoms with Crippen LogP contribution in [0.4, 0.5) is 5.69 Å². The van der Waals surface area contributed by atoms with Crippen molar-refractivity contribution < 1.29 is 14.7 Å². The second-order valence-corrected chi connectivity index (χ2v) is 5.32. The van der Waals surface area contributed by atoms with Gasteiger partial charge in [0.05, 0.1) is 5.56 Å². The summed E-state index contributed by atoms with van der Waals surface area (Å²) < 4.78 is 0. The first-order valence-electron chi connectivity index (χ1n) is 7.15. The lowest BCUT2D eigenvalue weighted by molar-refractivity contribution is -0.116. The summed E-state index contributed by atoms with van der Waals surface area (Å²) in [6.07, 6.45) is 0.941. The predicted molar refractivity (Wildman–Crippen MR) is 86.3 cm³/mol. The van der Waals surface area contributed by atoms with Gasteiger partial charge < -0.3 is 10.4 Å². The molecule has 2 aromatic carbocycles. The highest BCUT2D eigenvalue weighted by molar-refractivity contribution is 5.92. The van der Waals surface area contributed by atoms with E-state index in [-0.39, 0.29) is 11.5 Å². The van der Waals surface area contributed by atoms with Crippen molar-refractivity contribution in [2.45, 2.75) is 26.7 Å². The molecule has 114 valence electrons. The van der Waals surface area contributed by atoms with E-state index in [0.29, 0.717) is 12.8 Å². The highest BCUT2D eigenvalue weighted by Gasteiger charge is 2.08. The average Bonchev–Trinajstić information content (AvgIpc) is 2.49. The molecule has 2 rings (SSSR count). The Balaban J connectivity index is 1.94. The summed E-state index contributed by atoms with van der Waals surface area (Å²) in [5, 5.41) is 11.8. The lowest BCUT2D eigenvalue weighted by Gasteiger charge is -2.11. The van der Waals surface area contributed by atoms with Crippen LogP contribution in [0.1, 0.15) is 33.5 Å². The molecule has 0 heterocycles. The van der Waals surface area contributed by atoms with E-state index in [1.165, 1.54) is 0 Å². The van der Waals surface area contributed by atoms with E-state index in [1.54, 1.807) is 24.3 Å². The van der Waals surface area contributed by atoms with E-state index in [9.17, 15) is 9.59 Å². The fourth-order valence-corrected chi connectivity index (χ4v) is 2.29. The van der Waals surface area contributed by atoms with Gasteiger partial charge in [-0.25, -0.2) is 4.79 Å². The number of aryl methyl sites for hydroxylation is 3. The normalized spacial score (nSPS) is 10.3. The molecule has 0 aromatic heterocycles. The van der Waals surface area contributed by atoms with E-state index in [4.69, 9.17) is 5.11 Å². The molecule has 0 saturated carbocycles.